The van der Waals surface area contributed by atoms with Gasteiger partial charge in [-0.15, -0.1) is 24.0 Å². The fraction of sp³-hybridized carbons (Fsp3) is 0.733. The monoisotopic (exact) mass is 421 g/mol. The van der Waals surface area contributed by atoms with Crippen LogP contribution in [0.15, 0.2) is 23.5 Å². The first-order valence-corrected chi connectivity index (χ1v) is 7.69. The lowest BCUT2D eigenvalue weighted by Gasteiger charge is -2.42. The molecule has 0 unspecified atom stereocenters. The highest BCUT2D eigenvalue weighted by atomic mass is 127. The van der Waals surface area contributed by atoms with Crippen LogP contribution in [0.2, 0.25) is 0 Å². The first kappa shape index (κ1) is 19.2. The van der Waals surface area contributed by atoms with Crippen molar-refractivity contribution in [2.45, 2.75) is 32.2 Å². The predicted octanol–water partition coefficient (Wildman–Crippen LogP) is 1.87. The number of guanidine groups is 1. The number of methoxy groups -OCH3 is 1. The third kappa shape index (κ3) is 5.75. The number of nitrogens with one attached hydrogen (secondary N) is 2. The summed E-state index contributed by atoms with van der Waals surface area (Å²) >= 11 is 0. The summed E-state index contributed by atoms with van der Waals surface area (Å²) in [7, 11) is 3.58. The number of aliphatic imine (C=N–C) groups is 1. The largest absolute Gasteiger partial charge is 0.385 e. The number of halogens is 1. The summed E-state index contributed by atoms with van der Waals surface area (Å²) in [5, 5.41) is 11.0. The van der Waals surface area contributed by atoms with Crippen LogP contribution in [0.4, 0.5) is 0 Å². The molecule has 0 amide bonds. The second-order valence-corrected chi connectivity index (χ2v) is 5.72. The Morgan fingerprint density at radius 3 is 2.77 bits per heavy atom. The molecule has 2 rings (SSSR count). The molecule has 0 saturated heterocycles. The average Bonchev–Trinajstić information content (AvgIpc) is 2.97. The van der Waals surface area contributed by atoms with Crippen LogP contribution in [-0.2, 0) is 11.3 Å². The number of aromatic nitrogens is 2. The molecule has 126 valence electrons. The summed E-state index contributed by atoms with van der Waals surface area (Å²) < 4.78 is 7.14. The summed E-state index contributed by atoms with van der Waals surface area (Å²) in [5.41, 5.74) is 0.398. The molecule has 1 heterocycles. The minimum atomic E-state index is 0. The first-order chi connectivity index (χ1) is 10.3. The summed E-state index contributed by atoms with van der Waals surface area (Å²) in [6, 6.07) is 1.93. The van der Waals surface area contributed by atoms with E-state index in [1.807, 2.05) is 24.0 Å². The number of hydrogen-bond acceptors (Lipinski definition) is 3. The molecular weight excluding hydrogens is 393 g/mol. The van der Waals surface area contributed by atoms with Gasteiger partial charge >= 0.3 is 0 Å². The molecule has 6 nitrogen and oxygen atoms in total. The highest BCUT2D eigenvalue weighted by Gasteiger charge is 2.36. The van der Waals surface area contributed by atoms with Crippen LogP contribution in [0.25, 0.3) is 0 Å². The van der Waals surface area contributed by atoms with Crippen LogP contribution >= 0.6 is 24.0 Å². The summed E-state index contributed by atoms with van der Waals surface area (Å²) in [6.45, 7) is 3.46. The SMILES string of the molecule is CN=C(NCCn1cccn1)NCC1(CCOC)CCC1.I. The Morgan fingerprint density at radius 1 is 1.41 bits per heavy atom. The Morgan fingerprint density at radius 2 is 2.23 bits per heavy atom. The lowest BCUT2D eigenvalue weighted by atomic mass is 9.67. The normalized spacial score (nSPS) is 16.5. The molecule has 2 N–H and O–H groups in total. The van der Waals surface area contributed by atoms with E-state index in [4.69, 9.17) is 4.74 Å². The van der Waals surface area contributed by atoms with E-state index in [1.54, 1.807) is 13.3 Å². The fourth-order valence-corrected chi connectivity index (χ4v) is 2.72. The van der Waals surface area contributed by atoms with E-state index >= 15 is 0 Å². The van der Waals surface area contributed by atoms with E-state index in [0.29, 0.717) is 5.41 Å². The van der Waals surface area contributed by atoms with Gasteiger partial charge in [0.25, 0.3) is 0 Å². The van der Waals surface area contributed by atoms with Crippen LogP contribution < -0.4 is 10.6 Å². The van der Waals surface area contributed by atoms with Crippen molar-refractivity contribution in [2.24, 2.45) is 10.4 Å². The van der Waals surface area contributed by atoms with E-state index in [-0.39, 0.29) is 24.0 Å². The van der Waals surface area contributed by atoms with Crippen molar-refractivity contribution >= 4 is 29.9 Å². The van der Waals surface area contributed by atoms with Crippen LogP contribution in [0.3, 0.4) is 0 Å². The van der Waals surface area contributed by atoms with Gasteiger partial charge in [-0.1, -0.05) is 6.42 Å². The van der Waals surface area contributed by atoms with Crippen molar-refractivity contribution < 1.29 is 4.74 Å². The first-order valence-electron chi connectivity index (χ1n) is 7.69. The van der Waals surface area contributed by atoms with Gasteiger partial charge in [-0.05, 0) is 30.7 Å². The molecule has 0 radical (unpaired) electrons. The molecule has 7 heteroatoms. The lowest BCUT2D eigenvalue weighted by molar-refractivity contribution is 0.0732. The molecule has 0 aromatic carbocycles. The number of ether oxygens (including phenoxy) is 1. The van der Waals surface area contributed by atoms with Gasteiger partial charge in [0.15, 0.2) is 5.96 Å². The third-order valence-corrected chi connectivity index (χ3v) is 4.30. The smallest absolute Gasteiger partial charge is 0.191 e. The van der Waals surface area contributed by atoms with Crippen molar-refractivity contribution in [1.29, 1.82) is 0 Å². The standard InChI is InChI=1S/C15H27N5O.HI/c1-16-14(17-9-11-20-10-4-8-19-20)18-13-15(5-3-6-15)7-12-21-2;/h4,8,10H,3,5-7,9,11-13H2,1-2H3,(H2,16,17,18);1H. The van der Waals surface area contributed by atoms with E-state index in [9.17, 15) is 0 Å². The second-order valence-electron chi connectivity index (χ2n) is 5.72. The minimum absolute atomic E-state index is 0. The Balaban J connectivity index is 0.00000242. The number of nitrogens with zero attached hydrogens (tertiary/aromatic N) is 3. The molecule has 1 aliphatic carbocycles. The topological polar surface area (TPSA) is 63.5 Å². The van der Waals surface area contributed by atoms with Gasteiger partial charge in [0.05, 0.1) is 6.54 Å². The predicted molar refractivity (Wildman–Crippen MR) is 99.8 cm³/mol. The number of rotatable bonds is 8. The van der Waals surface area contributed by atoms with Gasteiger partial charge < -0.3 is 15.4 Å². The van der Waals surface area contributed by atoms with Crippen molar-refractivity contribution in [3.63, 3.8) is 0 Å². The van der Waals surface area contributed by atoms with Gasteiger partial charge in [0, 0.05) is 46.2 Å². The van der Waals surface area contributed by atoms with Crippen LogP contribution in [0.1, 0.15) is 25.7 Å². The summed E-state index contributed by atoms with van der Waals surface area (Å²) in [6.07, 6.45) is 8.79. The zero-order valence-electron chi connectivity index (χ0n) is 13.5. The van der Waals surface area contributed by atoms with Gasteiger partial charge in [-0.2, -0.15) is 5.10 Å². The molecule has 1 aliphatic rings. The van der Waals surface area contributed by atoms with Gasteiger partial charge in [-0.3, -0.25) is 9.67 Å². The van der Waals surface area contributed by atoms with E-state index in [2.05, 4.69) is 20.7 Å². The van der Waals surface area contributed by atoms with E-state index in [1.165, 1.54) is 19.3 Å². The lowest BCUT2D eigenvalue weighted by Crippen LogP contribution is -2.47. The van der Waals surface area contributed by atoms with Gasteiger partial charge in [0.1, 0.15) is 0 Å². The molecule has 22 heavy (non-hydrogen) atoms. The maximum absolute atomic E-state index is 5.23. The van der Waals surface area contributed by atoms with E-state index < -0.39 is 0 Å². The van der Waals surface area contributed by atoms with Crippen molar-refractivity contribution in [2.75, 3.05) is 33.9 Å². The molecule has 1 fully saturated rings. The molecule has 1 aromatic heterocycles. The van der Waals surface area contributed by atoms with Crippen LogP contribution in [0.5, 0.6) is 0 Å². The molecule has 1 saturated carbocycles. The quantitative estimate of drug-likeness (QED) is 0.382. The minimum Gasteiger partial charge on any atom is -0.385 e. The highest BCUT2D eigenvalue weighted by Crippen LogP contribution is 2.43. The Hall–Kier alpha value is -0.830. The Bertz CT molecular complexity index is 431. The maximum atomic E-state index is 5.23. The Kier molecular flexibility index (Phi) is 8.77. The molecule has 1 aromatic rings. The third-order valence-electron chi connectivity index (χ3n) is 4.30. The van der Waals surface area contributed by atoms with Crippen molar-refractivity contribution in [3.8, 4) is 0 Å². The van der Waals surface area contributed by atoms with Crippen molar-refractivity contribution in [3.05, 3.63) is 18.5 Å². The molecule has 0 aliphatic heterocycles. The molecule has 0 atom stereocenters. The number of hydrogen-bond donors (Lipinski definition) is 2. The fourth-order valence-electron chi connectivity index (χ4n) is 2.72. The second kappa shape index (κ2) is 10.0. The van der Waals surface area contributed by atoms with E-state index in [0.717, 1.165) is 38.6 Å². The summed E-state index contributed by atoms with van der Waals surface area (Å²) in [5.74, 6) is 0.867. The van der Waals surface area contributed by atoms with Gasteiger partial charge in [0.2, 0.25) is 0 Å². The Labute approximate surface area is 150 Å². The molecule has 0 bridgehead atoms. The average molecular weight is 421 g/mol. The van der Waals surface area contributed by atoms with Crippen LogP contribution in [-0.4, -0.2) is 49.6 Å². The highest BCUT2D eigenvalue weighted by molar-refractivity contribution is 14.0. The molecule has 0 spiro atoms. The zero-order valence-corrected chi connectivity index (χ0v) is 15.9. The zero-order chi connectivity index (χ0) is 15.0. The summed E-state index contributed by atoms with van der Waals surface area (Å²) in [4.78, 5) is 4.28. The van der Waals surface area contributed by atoms with Crippen molar-refractivity contribution in [1.82, 2.24) is 20.4 Å². The maximum Gasteiger partial charge on any atom is 0.191 e. The van der Waals surface area contributed by atoms with Crippen LogP contribution in [0, 0.1) is 5.41 Å². The van der Waals surface area contributed by atoms with Gasteiger partial charge in [-0.25, -0.2) is 0 Å². The molecular formula is C15H28IN5O.